The second kappa shape index (κ2) is 5.81. The summed E-state index contributed by atoms with van der Waals surface area (Å²) < 4.78 is 14.8. The molecule has 22 heavy (non-hydrogen) atoms. The van der Waals surface area contributed by atoms with Gasteiger partial charge >= 0.3 is 0 Å². The molecule has 5 heteroatoms. The molecular formula is C17H14FN3O. The van der Waals surface area contributed by atoms with Crippen molar-refractivity contribution in [2.45, 2.75) is 0 Å². The number of fused-ring (bicyclic) bond motifs is 1. The number of hydrogen-bond acceptors (Lipinski definition) is 2. The molecule has 4 nitrogen and oxygen atoms in total. The van der Waals surface area contributed by atoms with Crippen molar-refractivity contribution in [3.8, 4) is 0 Å². The van der Waals surface area contributed by atoms with Gasteiger partial charge in [0, 0.05) is 18.0 Å². The average molecular weight is 295 g/mol. The summed E-state index contributed by atoms with van der Waals surface area (Å²) in [7, 11) is 1.83. The van der Waals surface area contributed by atoms with E-state index in [1.54, 1.807) is 12.1 Å². The van der Waals surface area contributed by atoms with Crippen LogP contribution in [0, 0.1) is 5.82 Å². The largest absolute Gasteiger partial charge is 0.340 e. The van der Waals surface area contributed by atoms with Gasteiger partial charge in [0.25, 0.3) is 5.91 Å². The molecule has 3 aromatic rings. The van der Waals surface area contributed by atoms with Gasteiger partial charge in [-0.15, -0.1) is 0 Å². The molecule has 1 heterocycles. The molecule has 0 aliphatic carbocycles. The number of para-hydroxylation sites is 1. The van der Waals surface area contributed by atoms with Gasteiger partial charge in [0.2, 0.25) is 0 Å². The van der Waals surface area contributed by atoms with Gasteiger partial charge in [-0.05, 0) is 29.8 Å². The van der Waals surface area contributed by atoms with Crippen molar-refractivity contribution in [3.63, 3.8) is 0 Å². The van der Waals surface area contributed by atoms with E-state index in [1.165, 1.54) is 18.3 Å². The van der Waals surface area contributed by atoms with Crippen LogP contribution in [0.4, 0.5) is 4.39 Å². The smallest absolute Gasteiger partial charge is 0.287 e. The Morgan fingerprint density at radius 3 is 2.77 bits per heavy atom. The van der Waals surface area contributed by atoms with E-state index in [4.69, 9.17) is 0 Å². The lowest BCUT2D eigenvalue weighted by molar-refractivity contribution is 0.0947. The Morgan fingerprint density at radius 1 is 1.18 bits per heavy atom. The zero-order valence-electron chi connectivity index (χ0n) is 12.0. The molecule has 0 fully saturated rings. The number of benzene rings is 2. The maximum Gasteiger partial charge on any atom is 0.287 e. The molecule has 3 rings (SSSR count). The SMILES string of the molecule is Cn1c(C(=O)N/N=C/c2cccc(F)c2)cc2ccccc21. The first kappa shape index (κ1) is 14.0. The highest BCUT2D eigenvalue weighted by molar-refractivity contribution is 5.99. The van der Waals surface area contributed by atoms with Gasteiger partial charge < -0.3 is 4.57 Å². The van der Waals surface area contributed by atoms with E-state index < -0.39 is 0 Å². The molecule has 0 saturated carbocycles. The second-order valence-electron chi connectivity index (χ2n) is 4.90. The number of hydrogen-bond donors (Lipinski definition) is 1. The van der Waals surface area contributed by atoms with Crippen molar-refractivity contribution in [1.29, 1.82) is 0 Å². The van der Waals surface area contributed by atoms with Crippen LogP contribution in [0.25, 0.3) is 10.9 Å². The zero-order chi connectivity index (χ0) is 15.5. The van der Waals surface area contributed by atoms with E-state index >= 15 is 0 Å². The summed E-state index contributed by atoms with van der Waals surface area (Å²) in [5.41, 5.74) is 4.52. The van der Waals surface area contributed by atoms with Crippen molar-refractivity contribution in [2.75, 3.05) is 0 Å². The molecule has 0 radical (unpaired) electrons. The first-order valence-corrected chi connectivity index (χ1v) is 6.78. The summed E-state index contributed by atoms with van der Waals surface area (Å²) in [6, 6.07) is 15.5. The number of carbonyl (C=O) groups is 1. The molecule has 0 spiro atoms. The lowest BCUT2D eigenvalue weighted by atomic mass is 10.2. The van der Waals surface area contributed by atoms with Crippen LogP contribution in [0.3, 0.4) is 0 Å². The third-order valence-electron chi connectivity index (χ3n) is 3.41. The monoisotopic (exact) mass is 295 g/mol. The van der Waals surface area contributed by atoms with Gasteiger partial charge in [-0.25, -0.2) is 9.82 Å². The molecular weight excluding hydrogens is 281 g/mol. The molecule has 0 aliphatic rings. The quantitative estimate of drug-likeness (QED) is 0.586. The number of hydrazone groups is 1. The lowest BCUT2D eigenvalue weighted by Crippen LogP contribution is -2.20. The molecule has 0 saturated heterocycles. The van der Waals surface area contributed by atoms with Crippen molar-refractivity contribution in [3.05, 3.63) is 71.7 Å². The number of nitrogens with zero attached hydrogens (tertiary/aromatic N) is 2. The van der Waals surface area contributed by atoms with Crippen molar-refractivity contribution in [2.24, 2.45) is 12.1 Å². The zero-order valence-corrected chi connectivity index (χ0v) is 12.0. The van der Waals surface area contributed by atoms with Gasteiger partial charge in [0.15, 0.2) is 0 Å². The Hall–Kier alpha value is -2.95. The minimum absolute atomic E-state index is 0.314. The van der Waals surface area contributed by atoms with Gasteiger partial charge in [0.1, 0.15) is 11.5 Å². The van der Waals surface area contributed by atoms with Crippen LogP contribution >= 0.6 is 0 Å². The van der Waals surface area contributed by atoms with Crippen LogP contribution < -0.4 is 5.43 Å². The summed E-state index contributed by atoms with van der Waals surface area (Å²) >= 11 is 0. The third-order valence-corrected chi connectivity index (χ3v) is 3.41. The van der Waals surface area contributed by atoms with Gasteiger partial charge in [-0.2, -0.15) is 5.10 Å². The fraction of sp³-hybridized carbons (Fsp3) is 0.0588. The number of amides is 1. The maximum absolute atomic E-state index is 13.0. The number of halogens is 1. The molecule has 0 bridgehead atoms. The fourth-order valence-electron chi connectivity index (χ4n) is 2.32. The molecule has 1 N–H and O–H groups in total. The topological polar surface area (TPSA) is 46.4 Å². The van der Waals surface area contributed by atoms with E-state index in [2.05, 4.69) is 10.5 Å². The van der Waals surface area contributed by atoms with Crippen molar-refractivity contribution in [1.82, 2.24) is 9.99 Å². The molecule has 0 aliphatic heterocycles. The Morgan fingerprint density at radius 2 is 2.00 bits per heavy atom. The summed E-state index contributed by atoms with van der Waals surface area (Å²) in [6.07, 6.45) is 1.41. The molecule has 110 valence electrons. The first-order valence-electron chi connectivity index (χ1n) is 6.78. The normalized spacial score (nSPS) is 11.2. The molecule has 1 amide bonds. The predicted octanol–water partition coefficient (Wildman–Crippen LogP) is 3.08. The van der Waals surface area contributed by atoms with E-state index in [9.17, 15) is 9.18 Å². The highest BCUT2D eigenvalue weighted by atomic mass is 19.1. The summed E-state index contributed by atoms with van der Waals surface area (Å²) in [5.74, 6) is -0.657. The van der Waals surface area contributed by atoms with Crippen LogP contribution in [0.1, 0.15) is 16.1 Å². The van der Waals surface area contributed by atoms with Gasteiger partial charge in [-0.3, -0.25) is 4.79 Å². The van der Waals surface area contributed by atoms with E-state index in [-0.39, 0.29) is 11.7 Å². The minimum Gasteiger partial charge on any atom is -0.340 e. The molecule has 0 atom stereocenters. The maximum atomic E-state index is 13.0. The number of aryl methyl sites for hydroxylation is 1. The number of nitrogens with one attached hydrogen (secondary N) is 1. The first-order chi connectivity index (χ1) is 10.6. The van der Waals surface area contributed by atoms with E-state index in [0.29, 0.717) is 11.3 Å². The van der Waals surface area contributed by atoms with Crippen LogP contribution in [-0.4, -0.2) is 16.7 Å². The molecule has 2 aromatic carbocycles. The highest BCUT2D eigenvalue weighted by Gasteiger charge is 2.11. The van der Waals surface area contributed by atoms with Crippen LogP contribution in [-0.2, 0) is 7.05 Å². The van der Waals surface area contributed by atoms with Crippen LogP contribution in [0.2, 0.25) is 0 Å². The summed E-state index contributed by atoms with van der Waals surface area (Å²) in [6.45, 7) is 0. The number of rotatable bonds is 3. The predicted molar refractivity (Wildman–Crippen MR) is 84.4 cm³/mol. The summed E-state index contributed by atoms with van der Waals surface area (Å²) in [4.78, 5) is 12.2. The Balaban J connectivity index is 1.77. The lowest BCUT2D eigenvalue weighted by Gasteiger charge is -2.02. The standard InChI is InChI=1S/C17H14FN3O/c1-21-15-8-3-2-6-13(15)10-16(21)17(22)20-19-11-12-5-4-7-14(18)9-12/h2-11H,1H3,(H,20,22)/b19-11+. The number of aromatic nitrogens is 1. The van der Waals surface area contributed by atoms with Crippen molar-refractivity contribution < 1.29 is 9.18 Å². The van der Waals surface area contributed by atoms with Crippen molar-refractivity contribution >= 4 is 23.0 Å². The number of carbonyl (C=O) groups excluding carboxylic acids is 1. The Kier molecular flexibility index (Phi) is 3.70. The van der Waals surface area contributed by atoms with Gasteiger partial charge in [-0.1, -0.05) is 30.3 Å². The van der Waals surface area contributed by atoms with Crippen LogP contribution in [0.15, 0.2) is 59.7 Å². The summed E-state index contributed by atoms with van der Waals surface area (Å²) in [5, 5.41) is 4.86. The second-order valence-corrected chi connectivity index (χ2v) is 4.90. The minimum atomic E-state index is -0.344. The average Bonchev–Trinajstić information content (AvgIpc) is 2.85. The van der Waals surface area contributed by atoms with E-state index in [0.717, 1.165) is 10.9 Å². The Labute approximate surface area is 126 Å². The third kappa shape index (κ3) is 2.74. The molecule has 0 unspecified atom stereocenters. The Bertz CT molecular complexity index is 867. The van der Waals surface area contributed by atoms with E-state index in [1.807, 2.05) is 41.9 Å². The fourth-order valence-corrected chi connectivity index (χ4v) is 2.32. The van der Waals surface area contributed by atoms with Gasteiger partial charge in [0.05, 0.1) is 6.21 Å². The highest BCUT2D eigenvalue weighted by Crippen LogP contribution is 2.18. The molecule has 1 aromatic heterocycles. The van der Waals surface area contributed by atoms with Crippen LogP contribution in [0.5, 0.6) is 0 Å².